The van der Waals surface area contributed by atoms with Crippen molar-refractivity contribution in [2.75, 3.05) is 62.0 Å². The first-order chi connectivity index (χ1) is 21.2. The maximum atomic E-state index is 13.8. The van der Waals surface area contributed by atoms with Crippen molar-refractivity contribution in [1.29, 1.82) is 0 Å². The topological polar surface area (TPSA) is 112 Å². The molecule has 0 bridgehead atoms. The summed E-state index contributed by atoms with van der Waals surface area (Å²) in [5.74, 6) is -1.74. The van der Waals surface area contributed by atoms with Gasteiger partial charge in [-0.25, -0.2) is 13.6 Å². The predicted octanol–water partition coefficient (Wildman–Crippen LogP) is 5.03. The number of nitrogens with one attached hydrogen (secondary N) is 2. The van der Waals surface area contributed by atoms with Gasteiger partial charge in [0.25, 0.3) is 5.91 Å². The highest BCUT2D eigenvalue weighted by Crippen LogP contribution is 2.30. The Morgan fingerprint density at radius 3 is 2.39 bits per heavy atom. The number of halogens is 2. The number of benzene rings is 3. The fourth-order valence-corrected chi connectivity index (χ4v) is 5.81. The van der Waals surface area contributed by atoms with Gasteiger partial charge in [-0.1, -0.05) is 6.07 Å². The monoisotopic (exact) mass is 604 g/mol. The second-order valence-corrected chi connectivity index (χ2v) is 11.4. The molecule has 0 spiro atoms. The molecule has 2 saturated heterocycles. The van der Waals surface area contributed by atoms with Crippen LogP contribution in [0.4, 0.5) is 30.8 Å². The van der Waals surface area contributed by atoms with E-state index in [1.54, 1.807) is 24.3 Å². The lowest BCUT2D eigenvalue weighted by Gasteiger charge is -2.34. The Balaban J connectivity index is 1.32. The number of aromatic nitrogens is 2. The lowest BCUT2D eigenvalue weighted by Crippen LogP contribution is -2.44. The van der Waals surface area contributed by atoms with Crippen molar-refractivity contribution in [3.63, 3.8) is 0 Å². The highest BCUT2D eigenvalue weighted by molar-refractivity contribution is 6.11. The number of hydrogen-bond donors (Lipinski definition) is 3. The number of anilines is 3. The van der Waals surface area contributed by atoms with Crippen molar-refractivity contribution in [3.8, 4) is 0 Å². The molecule has 3 aromatic carbocycles. The summed E-state index contributed by atoms with van der Waals surface area (Å²) in [5, 5.41) is 20.7. The molecule has 0 atom stereocenters. The van der Waals surface area contributed by atoms with E-state index in [1.807, 2.05) is 12.1 Å². The average Bonchev–Trinajstić information content (AvgIpc) is 3.35. The van der Waals surface area contributed by atoms with E-state index in [-0.39, 0.29) is 23.8 Å². The number of hydrogen-bond acceptors (Lipinski definition) is 7. The molecule has 10 nitrogen and oxygen atoms in total. The Labute approximate surface area is 253 Å². The quantitative estimate of drug-likeness (QED) is 0.270. The maximum Gasteiger partial charge on any atom is 0.432 e. The first-order valence-corrected chi connectivity index (χ1v) is 14.7. The number of amides is 1. The summed E-state index contributed by atoms with van der Waals surface area (Å²) in [6.45, 7) is 4.92. The summed E-state index contributed by atoms with van der Waals surface area (Å²) in [7, 11) is 2.10. The van der Waals surface area contributed by atoms with Crippen molar-refractivity contribution in [2.24, 2.45) is 0 Å². The second kappa shape index (κ2) is 12.6. The molecule has 2 aliphatic heterocycles. The van der Waals surface area contributed by atoms with Crippen molar-refractivity contribution in [3.05, 3.63) is 82.9 Å². The van der Waals surface area contributed by atoms with Gasteiger partial charge in [-0.2, -0.15) is 4.68 Å². The number of ether oxygens (including phenoxy) is 1. The van der Waals surface area contributed by atoms with Gasteiger partial charge in [0.2, 0.25) is 0 Å². The van der Waals surface area contributed by atoms with Gasteiger partial charge in [0, 0.05) is 68.3 Å². The van der Waals surface area contributed by atoms with Crippen LogP contribution in [0.25, 0.3) is 10.9 Å². The summed E-state index contributed by atoms with van der Waals surface area (Å²) < 4.78 is 33.9. The van der Waals surface area contributed by atoms with Gasteiger partial charge in [-0.15, -0.1) is 5.10 Å². The van der Waals surface area contributed by atoms with Crippen LogP contribution in [-0.2, 0) is 11.2 Å². The molecule has 6 rings (SSSR count). The van der Waals surface area contributed by atoms with Gasteiger partial charge in [-0.05, 0) is 79.9 Å². The summed E-state index contributed by atoms with van der Waals surface area (Å²) in [6.07, 6.45) is 0.508. The zero-order chi connectivity index (χ0) is 30.8. The second-order valence-electron chi connectivity index (χ2n) is 11.4. The maximum absolute atomic E-state index is 13.8. The molecule has 0 aliphatic carbocycles. The van der Waals surface area contributed by atoms with Crippen LogP contribution in [0, 0.1) is 11.6 Å². The number of carbonyl (C=O) groups is 2. The van der Waals surface area contributed by atoms with E-state index in [9.17, 15) is 23.5 Å². The zero-order valence-corrected chi connectivity index (χ0v) is 24.4. The van der Waals surface area contributed by atoms with E-state index < -0.39 is 23.6 Å². The van der Waals surface area contributed by atoms with Crippen LogP contribution in [0.1, 0.15) is 34.3 Å². The lowest BCUT2D eigenvalue weighted by atomic mass is 10.0. The van der Waals surface area contributed by atoms with Crippen LogP contribution in [0.3, 0.4) is 0 Å². The molecular formula is C32H34F2N6O4. The zero-order valence-electron chi connectivity index (χ0n) is 24.4. The summed E-state index contributed by atoms with van der Waals surface area (Å²) in [6, 6.07) is 14.1. The van der Waals surface area contributed by atoms with E-state index in [0.717, 1.165) is 55.5 Å². The van der Waals surface area contributed by atoms with Crippen LogP contribution < -0.4 is 15.5 Å². The highest BCUT2D eigenvalue weighted by Gasteiger charge is 2.23. The van der Waals surface area contributed by atoms with E-state index >= 15 is 0 Å². The Kier molecular flexibility index (Phi) is 8.45. The fourth-order valence-electron chi connectivity index (χ4n) is 5.81. The van der Waals surface area contributed by atoms with Gasteiger partial charge in [0.1, 0.15) is 11.6 Å². The average molecular weight is 605 g/mol. The van der Waals surface area contributed by atoms with Crippen LogP contribution in [0.2, 0.25) is 0 Å². The van der Waals surface area contributed by atoms with Crippen molar-refractivity contribution >= 4 is 40.1 Å². The molecule has 0 saturated carbocycles. The third kappa shape index (κ3) is 6.51. The number of fused-ring (bicyclic) bond motifs is 1. The summed E-state index contributed by atoms with van der Waals surface area (Å²) in [4.78, 5) is 30.4. The molecule has 1 amide bonds. The van der Waals surface area contributed by atoms with E-state index in [2.05, 4.69) is 32.6 Å². The third-order valence-corrected chi connectivity index (χ3v) is 8.19. The number of carboxylic acid groups (broad SMARTS) is 1. The minimum absolute atomic E-state index is 0.0693. The Morgan fingerprint density at radius 1 is 0.955 bits per heavy atom. The standard InChI is InChI=1S/C32H34F2N6O4/c1-38-8-10-39(11-9-38)25-3-4-26(28(19-25)35-24-6-12-44-13-7-24)31(41)36-30-27-17-20(2-5-29(27)40(37-30)32(42)43)14-21-15-22(33)18-23(34)16-21/h2-5,15-19,24,35H,6-14H2,1H3,(H,42,43)(H,36,37,41). The van der Waals surface area contributed by atoms with Gasteiger partial charge >= 0.3 is 6.09 Å². The largest absolute Gasteiger partial charge is 0.463 e. The molecule has 12 heteroatoms. The molecule has 44 heavy (non-hydrogen) atoms. The summed E-state index contributed by atoms with van der Waals surface area (Å²) >= 11 is 0. The molecular weight excluding hydrogens is 570 g/mol. The molecule has 0 radical (unpaired) electrons. The number of nitrogens with zero attached hydrogens (tertiary/aromatic N) is 4. The van der Waals surface area contributed by atoms with Gasteiger partial charge < -0.3 is 30.3 Å². The minimum atomic E-state index is -1.31. The van der Waals surface area contributed by atoms with Crippen LogP contribution in [-0.4, -0.2) is 84.3 Å². The van der Waals surface area contributed by atoms with E-state index in [1.165, 1.54) is 12.1 Å². The molecule has 0 unspecified atom stereocenters. The van der Waals surface area contributed by atoms with Crippen molar-refractivity contribution in [1.82, 2.24) is 14.7 Å². The van der Waals surface area contributed by atoms with Crippen LogP contribution in [0.15, 0.2) is 54.6 Å². The number of rotatable bonds is 7. The van der Waals surface area contributed by atoms with E-state index in [0.29, 0.717) is 41.0 Å². The Bertz CT molecular complexity index is 1680. The van der Waals surface area contributed by atoms with Crippen molar-refractivity contribution in [2.45, 2.75) is 25.3 Å². The van der Waals surface area contributed by atoms with Gasteiger partial charge in [0.15, 0.2) is 5.82 Å². The minimum Gasteiger partial charge on any atom is -0.463 e. The smallest absolute Gasteiger partial charge is 0.432 e. The molecule has 2 aliphatic rings. The molecule has 230 valence electrons. The Hall–Kier alpha value is -4.55. The first-order valence-electron chi connectivity index (χ1n) is 14.7. The number of piperazine rings is 1. The van der Waals surface area contributed by atoms with Crippen molar-refractivity contribution < 1.29 is 28.2 Å². The highest BCUT2D eigenvalue weighted by atomic mass is 19.1. The SMILES string of the molecule is CN1CCN(c2ccc(C(=O)Nc3nn(C(=O)O)c4ccc(Cc5cc(F)cc(F)c5)cc34)c(NC3CCOCC3)c2)CC1. The van der Waals surface area contributed by atoms with Gasteiger partial charge in [-0.3, -0.25) is 4.79 Å². The van der Waals surface area contributed by atoms with Gasteiger partial charge in [0.05, 0.1) is 11.1 Å². The molecule has 3 N–H and O–H groups in total. The molecule has 2 fully saturated rings. The number of carbonyl (C=O) groups excluding carboxylic acids is 1. The van der Waals surface area contributed by atoms with E-state index in [4.69, 9.17) is 4.74 Å². The molecule has 4 aromatic rings. The lowest BCUT2D eigenvalue weighted by molar-refractivity contribution is 0.0904. The third-order valence-electron chi connectivity index (χ3n) is 8.19. The first kappa shape index (κ1) is 29.5. The van der Waals surface area contributed by atoms with Crippen LogP contribution >= 0.6 is 0 Å². The molecule has 1 aromatic heterocycles. The summed E-state index contributed by atoms with van der Waals surface area (Å²) in [5.41, 5.74) is 3.46. The normalized spacial score (nSPS) is 16.3. The Morgan fingerprint density at radius 2 is 1.68 bits per heavy atom. The predicted molar refractivity (Wildman–Crippen MR) is 164 cm³/mol. The fraction of sp³-hybridized carbons (Fsp3) is 0.344. The van der Waals surface area contributed by atoms with Crippen LogP contribution in [0.5, 0.6) is 0 Å². The number of likely N-dealkylation sites (N-methyl/N-ethyl adjacent to an activating group) is 1. The molecule has 3 heterocycles.